The lowest BCUT2D eigenvalue weighted by Gasteiger charge is -2.09. The third kappa shape index (κ3) is 4.68. The molecule has 2 N–H and O–H groups in total. The fraction of sp³-hybridized carbons (Fsp3) is 0.105. The molecule has 2 aromatic carbocycles. The summed E-state index contributed by atoms with van der Waals surface area (Å²) in [5, 5.41) is 14.4. The van der Waals surface area contributed by atoms with Gasteiger partial charge in [0, 0.05) is 5.56 Å². The highest BCUT2D eigenvalue weighted by Crippen LogP contribution is 2.26. The fourth-order valence-corrected chi connectivity index (χ4v) is 3.04. The van der Waals surface area contributed by atoms with Gasteiger partial charge in [-0.3, -0.25) is 14.9 Å². The highest BCUT2D eigenvalue weighted by Gasteiger charge is 2.24. The number of amides is 2. The topological polar surface area (TPSA) is 97.2 Å². The van der Waals surface area contributed by atoms with Crippen molar-refractivity contribution in [3.63, 3.8) is 0 Å². The molecule has 0 atom stereocenters. The Morgan fingerprint density at radius 3 is 2.59 bits per heavy atom. The van der Waals surface area contributed by atoms with Crippen LogP contribution in [-0.4, -0.2) is 35.8 Å². The van der Waals surface area contributed by atoms with Crippen LogP contribution in [0.5, 0.6) is 11.5 Å². The third-order valence-electron chi connectivity index (χ3n) is 3.72. The first-order chi connectivity index (χ1) is 13.1. The van der Waals surface area contributed by atoms with Gasteiger partial charge in [-0.15, -0.1) is 0 Å². The number of methoxy groups -OCH3 is 1. The van der Waals surface area contributed by atoms with Gasteiger partial charge in [0.05, 0.1) is 12.0 Å². The molecule has 1 aliphatic heterocycles. The summed E-state index contributed by atoms with van der Waals surface area (Å²) < 4.78 is 10.8. The molecule has 2 amide bonds. The van der Waals surface area contributed by atoms with Crippen molar-refractivity contribution in [3.8, 4) is 11.5 Å². The zero-order valence-corrected chi connectivity index (χ0v) is 15.2. The summed E-state index contributed by atoms with van der Waals surface area (Å²) in [6, 6.07) is 14.1. The third-order valence-corrected chi connectivity index (χ3v) is 4.53. The molecule has 0 saturated carbocycles. The van der Waals surface area contributed by atoms with Gasteiger partial charge in [0.25, 0.3) is 11.1 Å². The van der Waals surface area contributed by atoms with Crippen molar-refractivity contribution in [1.82, 2.24) is 5.32 Å². The van der Waals surface area contributed by atoms with Gasteiger partial charge in [-0.2, -0.15) is 0 Å². The van der Waals surface area contributed by atoms with Gasteiger partial charge in [0.2, 0.25) is 0 Å². The summed E-state index contributed by atoms with van der Waals surface area (Å²) in [4.78, 5) is 23.1. The van der Waals surface area contributed by atoms with E-state index in [2.05, 4.69) is 10.5 Å². The van der Waals surface area contributed by atoms with Crippen LogP contribution in [-0.2, 0) is 4.79 Å². The molecule has 1 aliphatic rings. The van der Waals surface area contributed by atoms with Crippen LogP contribution in [0.3, 0.4) is 0 Å². The lowest BCUT2D eigenvalue weighted by molar-refractivity contribution is -0.115. The molecular formula is C19H16N2O5S. The van der Waals surface area contributed by atoms with Crippen LogP contribution in [0.1, 0.15) is 11.1 Å². The van der Waals surface area contributed by atoms with Crippen LogP contribution < -0.4 is 14.8 Å². The second-order valence-electron chi connectivity index (χ2n) is 5.49. The summed E-state index contributed by atoms with van der Waals surface area (Å²) in [6.07, 6.45) is 1.63. The van der Waals surface area contributed by atoms with E-state index in [1.807, 2.05) is 0 Å². The average Bonchev–Trinajstić information content (AvgIpc) is 3.00. The number of hydrogen-bond donors (Lipinski definition) is 2. The number of hydrogen-bond acceptors (Lipinski definition) is 7. The minimum absolute atomic E-state index is 0.0663. The van der Waals surface area contributed by atoms with Crippen molar-refractivity contribution in [2.24, 2.45) is 5.16 Å². The van der Waals surface area contributed by atoms with Gasteiger partial charge in [-0.25, -0.2) is 0 Å². The van der Waals surface area contributed by atoms with E-state index < -0.39 is 5.91 Å². The first-order valence-corrected chi connectivity index (χ1v) is 8.74. The van der Waals surface area contributed by atoms with E-state index in [9.17, 15) is 14.8 Å². The molecule has 27 heavy (non-hydrogen) atoms. The first-order valence-electron chi connectivity index (χ1n) is 7.92. The molecular weight excluding hydrogens is 368 g/mol. The molecule has 3 rings (SSSR count). The average molecular weight is 384 g/mol. The molecule has 8 heteroatoms. The lowest BCUT2D eigenvalue weighted by atomic mass is 10.1. The monoisotopic (exact) mass is 384 g/mol. The van der Waals surface area contributed by atoms with Crippen molar-refractivity contribution in [2.45, 2.75) is 0 Å². The Morgan fingerprint density at radius 2 is 1.96 bits per heavy atom. The first kappa shape index (κ1) is 18.5. The Kier molecular flexibility index (Phi) is 5.77. The van der Waals surface area contributed by atoms with Crippen molar-refractivity contribution in [1.29, 1.82) is 0 Å². The quantitative estimate of drug-likeness (QED) is 0.343. The van der Waals surface area contributed by atoms with Gasteiger partial charge < -0.3 is 14.7 Å². The number of carbonyl (C=O) groups is 2. The number of benzene rings is 2. The standard InChI is InChI=1S/C19H16N2O5S/c1-25-15-4-2-3-13(10-15)16(21-24)11-26-14-7-5-12(6-8-14)9-17-18(22)20-19(23)27-17/h2-10,24H,11H2,1H3,(H,20,22,23)/b17-9-,21-16+. The van der Waals surface area contributed by atoms with Gasteiger partial charge in [-0.05, 0) is 47.7 Å². The molecule has 2 aromatic rings. The Balaban J connectivity index is 1.65. The fourth-order valence-electron chi connectivity index (χ4n) is 2.36. The molecule has 0 bridgehead atoms. The summed E-state index contributed by atoms with van der Waals surface area (Å²) in [5.41, 5.74) is 1.81. The normalized spacial score (nSPS) is 15.7. The van der Waals surface area contributed by atoms with Gasteiger partial charge >= 0.3 is 0 Å². The Hall–Kier alpha value is -3.26. The molecule has 1 saturated heterocycles. The van der Waals surface area contributed by atoms with Crippen molar-refractivity contribution in [3.05, 3.63) is 64.6 Å². The molecule has 138 valence electrons. The van der Waals surface area contributed by atoms with Gasteiger partial charge in [0.15, 0.2) is 0 Å². The van der Waals surface area contributed by atoms with E-state index in [4.69, 9.17) is 9.47 Å². The largest absolute Gasteiger partial charge is 0.497 e. The smallest absolute Gasteiger partial charge is 0.290 e. The maximum atomic E-state index is 11.6. The van der Waals surface area contributed by atoms with E-state index in [1.54, 1.807) is 61.7 Å². The number of carbonyl (C=O) groups excluding carboxylic acids is 2. The molecule has 0 spiro atoms. The van der Waals surface area contributed by atoms with Crippen LogP contribution >= 0.6 is 11.8 Å². The highest BCUT2D eigenvalue weighted by atomic mass is 32.2. The van der Waals surface area contributed by atoms with E-state index in [0.29, 0.717) is 27.7 Å². The predicted molar refractivity (Wildman–Crippen MR) is 102 cm³/mol. The van der Waals surface area contributed by atoms with Crippen LogP contribution in [0.15, 0.2) is 58.6 Å². The molecule has 0 aromatic heterocycles. The highest BCUT2D eigenvalue weighted by molar-refractivity contribution is 8.18. The SMILES string of the molecule is COc1cccc(/C(COc2ccc(/C=C3\SC(=O)NC3=O)cc2)=N/O)c1. The number of ether oxygens (including phenoxy) is 2. The van der Waals surface area contributed by atoms with E-state index >= 15 is 0 Å². The van der Waals surface area contributed by atoms with Crippen LogP contribution in [0.25, 0.3) is 6.08 Å². The summed E-state index contributed by atoms with van der Waals surface area (Å²) in [7, 11) is 1.56. The number of nitrogens with zero attached hydrogens (tertiary/aromatic N) is 1. The van der Waals surface area contributed by atoms with Crippen LogP contribution in [0.2, 0.25) is 0 Å². The molecule has 7 nitrogen and oxygen atoms in total. The van der Waals surface area contributed by atoms with Crippen molar-refractivity contribution < 1.29 is 24.3 Å². The Labute approximate surface area is 159 Å². The lowest BCUT2D eigenvalue weighted by Crippen LogP contribution is -2.17. The van der Waals surface area contributed by atoms with E-state index in [1.165, 1.54) is 0 Å². The Bertz CT molecular complexity index is 922. The molecule has 0 radical (unpaired) electrons. The molecule has 1 fully saturated rings. The zero-order chi connectivity index (χ0) is 19.2. The number of oxime groups is 1. The molecule has 1 heterocycles. The van der Waals surface area contributed by atoms with E-state index in [-0.39, 0.29) is 11.8 Å². The number of imide groups is 1. The van der Waals surface area contributed by atoms with Crippen LogP contribution in [0.4, 0.5) is 4.79 Å². The minimum Gasteiger partial charge on any atom is -0.497 e. The number of thioether (sulfide) groups is 1. The summed E-state index contributed by atoms with van der Waals surface area (Å²) in [6.45, 7) is 0.0663. The van der Waals surface area contributed by atoms with E-state index in [0.717, 1.165) is 17.3 Å². The number of rotatable bonds is 6. The molecule has 0 unspecified atom stereocenters. The molecule has 0 aliphatic carbocycles. The second-order valence-corrected chi connectivity index (χ2v) is 6.50. The zero-order valence-electron chi connectivity index (χ0n) is 14.3. The maximum Gasteiger partial charge on any atom is 0.290 e. The van der Waals surface area contributed by atoms with Crippen LogP contribution in [0, 0.1) is 0 Å². The second kappa shape index (κ2) is 8.41. The minimum atomic E-state index is -0.396. The predicted octanol–water partition coefficient (Wildman–Crippen LogP) is 3.28. The number of nitrogens with one attached hydrogen (secondary N) is 1. The summed E-state index contributed by atoms with van der Waals surface area (Å²) in [5.74, 6) is 0.826. The van der Waals surface area contributed by atoms with Crippen molar-refractivity contribution in [2.75, 3.05) is 13.7 Å². The van der Waals surface area contributed by atoms with Crippen molar-refractivity contribution >= 4 is 34.7 Å². The maximum absolute atomic E-state index is 11.6. The van der Waals surface area contributed by atoms with Gasteiger partial charge in [-0.1, -0.05) is 29.4 Å². The Morgan fingerprint density at radius 1 is 1.19 bits per heavy atom. The summed E-state index contributed by atoms with van der Waals surface area (Å²) >= 11 is 0.867. The van der Waals surface area contributed by atoms with Gasteiger partial charge in [0.1, 0.15) is 23.8 Å².